The topological polar surface area (TPSA) is 24.7 Å². The van der Waals surface area contributed by atoms with Gasteiger partial charge in [-0.05, 0) is 37.1 Å². The maximum absolute atomic E-state index is 4.42. The number of allylic oxidation sites excluding steroid dienone is 6. The van der Waals surface area contributed by atoms with E-state index in [9.17, 15) is 0 Å². The molecule has 0 saturated carbocycles. The number of hydrogen-bond donors (Lipinski definition) is 0. The molecular weight excluding hydrogens is 268 g/mol. The molecule has 0 aromatic heterocycles. The molecule has 0 aromatic rings. The highest BCUT2D eigenvalue weighted by molar-refractivity contribution is 5.83. The number of unbranched alkanes of at least 4 members (excludes halogenated alkanes) is 5. The summed E-state index contributed by atoms with van der Waals surface area (Å²) in [5.41, 5.74) is 8.40. The summed E-state index contributed by atoms with van der Waals surface area (Å²) in [6, 6.07) is 0. The minimum absolute atomic E-state index is 0.930. The average Bonchev–Trinajstić information content (AvgIpc) is 3.21. The van der Waals surface area contributed by atoms with Crippen molar-refractivity contribution in [2.45, 2.75) is 38.5 Å². The van der Waals surface area contributed by atoms with Crippen LogP contribution < -0.4 is 0 Å². The van der Waals surface area contributed by atoms with Gasteiger partial charge < -0.3 is 0 Å². The lowest BCUT2D eigenvalue weighted by atomic mass is 10.1. The Bertz CT molecular complexity index is 533. The first kappa shape index (κ1) is 16.2. The predicted octanol–water partition coefficient (Wildman–Crippen LogP) is 4.77. The van der Waals surface area contributed by atoms with E-state index in [1.54, 1.807) is 0 Å². The maximum atomic E-state index is 4.42. The molecule has 2 nitrogen and oxygen atoms in total. The van der Waals surface area contributed by atoms with E-state index < -0.39 is 0 Å². The fraction of sp³-hybridized carbons (Fsp3) is 0.400. The smallest absolute Gasteiger partial charge is 0.0389 e. The van der Waals surface area contributed by atoms with Crippen molar-refractivity contribution in [2.24, 2.45) is 9.98 Å². The highest BCUT2D eigenvalue weighted by Gasteiger charge is 1.92. The van der Waals surface area contributed by atoms with Crippen molar-refractivity contribution < 1.29 is 0 Å². The highest BCUT2D eigenvalue weighted by Crippen LogP contribution is 2.06. The molecule has 2 heteroatoms. The minimum atomic E-state index is 0.930. The van der Waals surface area contributed by atoms with Crippen molar-refractivity contribution in [3.63, 3.8) is 0 Å². The fourth-order valence-electron chi connectivity index (χ4n) is 2.29. The summed E-state index contributed by atoms with van der Waals surface area (Å²) >= 11 is 0. The number of nitrogens with zero attached hydrogens (tertiary/aromatic N) is 2. The minimum Gasteiger partial charge on any atom is -0.292 e. The Kier molecular flexibility index (Phi) is 7.80. The van der Waals surface area contributed by atoms with Crippen LogP contribution in [0.5, 0.6) is 0 Å². The molecule has 0 bridgehead atoms. The van der Waals surface area contributed by atoms with Gasteiger partial charge in [0.1, 0.15) is 0 Å². The van der Waals surface area contributed by atoms with Gasteiger partial charge in [0.05, 0.1) is 0 Å². The highest BCUT2D eigenvalue weighted by atomic mass is 14.7. The van der Waals surface area contributed by atoms with Crippen LogP contribution in [0.15, 0.2) is 69.0 Å². The lowest BCUT2D eigenvalue weighted by Crippen LogP contribution is -1.87. The molecule has 2 aliphatic carbocycles. The Balaban J connectivity index is 1.37. The van der Waals surface area contributed by atoms with Crippen LogP contribution in [-0.2, 0) is 0 Å². The maximum Gasteiger partial charge on any atom is 0.0389 e. The molecular formula is C20H24N2. The third kappa shape index (κ3) is 7.04. The summed E-state index contributed by atoms with van der Waals surface area (Å²) in [7, 11) is 0. The molecule has 2 rings (SSSR count). The molecule has 0 atom stereocenters. The summed E-state index contributed by atoms with van der Waals surface area (Å²) in [4.78, 5) is 8.84. The fourth-order valence-corrected chi connectivity index (χ4v) is 2.29. The second-order valence-electron chi connectivity index (χ2n) is 5.44. The van der Waals surface area contributed by atoms with Gasteiger partial charge in [-0.2, -0.15) is 0 Å². The third-order valence-electron chi connectivity index (χ3n) is 3.53. The van der Waals surface area contributed by atoms with Crippen LogP contribution >= 0.6 is 0 Å². The van der Waals surface area contributed by atoms with Crippen LogP contribution in [0.3, 0.4) is 0 Å². The van der Waals surface area contributed by atoms with Gasteiger partial charge >= 0.3 is 0 Å². The number of aliphatic imine (C=N–C) groups is 2. The summed E-state index contributed by atoms with van der Waals surface area (Å²) in [6.45, 7) is 1.86. The summed E-state index contributed by atoms with van der Waals surface area (Å²) < 4.78 is 0. The molecule has 0 fully saturated rings. The van der Waals surface area contributed by atoms with Gasteiger partial charge in [-0.3, -0.25) is 9.98 Å². The molecule has 2 aliphatic rings. The van der Waals surface area contributed by atoms with E-state index in [1.807, 2.05) is 48.9 Å². The Morgan fingerprint density at radius 3 is 1.55 bits per heavy atom. The molecule has 114 valence electrons. The van der Waals surface area contributed by atoms with Gasteiger partial charge in [0.25, 0.3) is 0 Å². The standard InChI is InChI=1S/C20H24N2/c1(3-9-15-21-17-19-11-5-6-12-19)2-4-10-16-22-18-20-13-7-8-14-20/h5-8,11,13,17-18H,1-4,9-10,15-16H2. The van der Waals surface area contributed by atoms with Crippen LogP contribution in [0.1, 0.15) is 38.5 Å². The molecule has 0 aliphatic heterocycles. The van der Waals surface area contributed by atoms with Crippen molar-refractivity contribution in [1.82, 2.24) is 0 Å². The van der Waals surface area contributed by atoms with E-state index in [0.717, 1.165) is 24.2 Å². The lowest BCUT2D eigenvalue weighted by molar-refractivity contribution is 0.602. The van der Waals surface area contributed by atoms with Gasteiger partial charge in [-0.15, -0.1) is 11.5 Å². The predicted molar refractivity (Wildman–Crippen MR) is 95.9 cm³/mol. The van der Waals surface area contributed by atoms with Crippen LogP contribution in [0.4, 0.5) is 0 Å². The lowest BCUT2D eigenvalue weighted by Gasteiger charge is -1.99. The molecule has 0 aromatic carbocycles. The molecule has 0 heterocycles. The van der Waals surface area contributed by atoms with Gasteiger partial charge in [0.15, 0.2) is 0 Å². The summed E-state index contributed by atoms with van der Waals surface area (Å²) in [5, 5.41) is 0. The second kappa shape index (κ2) is 10.6. The zero-order valence-corrected chi connectivity index (χ0v) is 13.2. The van der Waals surface area contributed by atoms with Crippen molar-refractivity contribution in [3.05, 3.63) is 59.1 Å². The first-order chi connectivity index (χ1) is 10.9. The monoisotopic (exact) mass is 292 g/mol. The van der Waals surface area contributed by atoms with Gasteiger partial charge in [-0.25, -0.2) is 0 Å². The Hall–Kier alpha value is -2.14. The SMILES string of the molecule is C1=CC=CC=1C=NCCCCCCCCN=CC1=C=CC=C1. The molecule has 0 N–H and O–H groups in total. The van der Waals surface area contributed by atoms with E-state index in [1.165, 1.54) is 38.5 Å². The second-order valence-corrected chi connectivity index (χ2v) is 5.44. The van der Waals surface area contributed by atoms with Crippen molar-refractivity contribution in [1.29, 1.82) is 0 Å². The first-order valence-electron chi connectivity index (χ1n) is 8.21. The summed E-state index contributed by atoms with van der Waals surface area (Å²) in [6.07, 6.45) is 23.2. The molecule has 0 radical (unpaired) electrons. The van der Waals surface area contributed by atoms with Crippen molar-refractivity contribution in [2.75, 3.05) is 13.1 Å². The molecule has 0 unspecified atom stereocenters. The molecule has 0 amide bonds. The first-order valence-corrected chi connectivity index (χ1v) is 8.21. The molecule has 0 saturated heterocycles. The van der Waals surface area contributed by atoms with Crippen molar-refractivity contribution >= 4 is 12.4 Å². The van der Waals surface area contributed by atoms with E-state index in [0.29, 0.717) is 0 Å². The van der Waals surface area contributed by atoms with Crippen LogP contribution in [-0.4, -0.2) is 25.5 Å². The number of hydrogen-bond acceptors (Lipinski definition) is 2. The van der Waals surface area contributed by atoms with E-state index in [2.05, 4.69) is 21.4 Å². The number of rotatable bonds is 11. The van der Waals surface area contributed by atoms with Crippen LogP contribution in [0.25, 0.3) is 0 Å². The Morgan fingerprint density at radius 2 is 1.14 bits per heavy atom. The quantitative estimate of drug-likeness (QED) is 0.298. The van der Waals surface area contributed by atoms with E-state index in [-0.39, 0.29) is 0 Å². The Morgan fingerprint density at radius 1 is 0.682 bits per heavy atom. The van der Waals surface area contributed by atoms with E-state index in [4.69, 9.17) is 0 Å². The Labute approximate surface area is 133 Å². The van der Waals surface area contributed by atoms with E-state index >= 15 is 0 Å². The van der Waals surface area contributed by atoms with Gasteiger partial charge in [-0.1, -0.05) is 37.8 Å². The van der Waals surface area contributed by atoms with Gasteiger partial charge in [0.2, 0.25) is 0 Å². The van der Waals surface area contributed by atoms with Crippen LogP contribution in [0, 0.1) is 0 Å². The van der Waals surface area contributed by atoms with Gasteiger partial charge in [0, 0.05) is 36.7 Å². The van der Waals surface area contributed by atoms with Crippen LogP contribution in [0.2, 0.25) is 0 Å². The average molecular weight is 292 g/mol. The zero-order valence-electron chi connectivity index (χ0n) is 13.2. The molecule has 0 spiro atoms. The zero-order chi connectivity index (χ0) is 15.3. The molecule has 22 heavy (non-hydrogen) atoms. The van der Waals surface area contributed by atoms with Crippen molar-refractivity contribution in [3.8, 4) is 0 Å². The normalized spacial score (nSPS) is 15.6. The largest absolute Gasteiger partial charge is 0.292 e. The third-order valence-corrected chi connectivity index (χ3v) is 3.53. The summed E-state index contributed by atoms with van der Waals surface area (Å²) in [5.74, 6) is 0.